The van der Waals surface area contributed by atoms with Crippen molar-refractivity contribution in [1.29, 1.82) is 0 Å². The number of carbonyl (C=O) groups excluding carboxylic acids is 2. The second-order valence-corrected chi connectivity index (χ2v) is 6.33. The summed E-state index contributed by atoms with van der Waals surface area (Å²) in [7, 11) is 1.57. The first-order valence-corrected chi connectivity index (χ1v) is 8.07. The Bertz CT molecular complexity index is 830. The number of hydrogen-bond donors (Lipinski definition) is 2. The fourth-order valence-electron chi connectivity index (χ4n) is 2.33. The summed E-state index contributed by atoms with van der Waals surface area (Å²) < 4.78 is 15.6. The lowest BCUT2D eigenvalue weighted by atomic mass is 9.90. The van der Waals surface area contributed by atoms with Crippen LogP contribution in [0.4, 0.5) is 11.4 Å². The van der Waals surface area contributed by atoms with Crippen molar-refractivity contribution < 1.29 is 23.8 Å². The fourth-order valence-corrected chi connectivity index (χ4v) is 2.33. The van der Waals surface area contributed by atoms with Crippen LogP contribution < -0.4 is 24.8 Å². The molecule has 2 amide bonds. The van der Waals surface area contributed by atoms with Gasteiger partial charge in [-0.05, 0) is 50.2 Å². The molecule has 0 atom stereocenters. The van der Waals surface area contributed by atoms with Crippen molar-refractivity contribution in [3.8, 4) is 17.2 Å². The van der Waals surface area contributed by atoms with Crippen molar-refractivity contribution in [2.75, 3.05) is 24.5 Å². The van der Waals surface area contributed by atoms with Crippen molar-refractivity contribution in [3.05, 3.63) is 42.5 Å². The number of methoxy groups -OCH3 is 1. The van der Waals surface area contributed by atoms with Crippen molar-refractivity contribution in [2.24, 2.45) is 5.41 Å². The molecule has 0 spiro atoms. The Hall–Kier alpha value is -3.22. The molecule has 0 aliphatic carbocycles. The zero-order valence-electron chi connectivity index (χ0n) is 14.8. The molecule has 0 radical (unpaired) electrons. The first kappa shape index (κ1) is 17.6. The van der Waals surface area contributed by atoms with Crippen LogP contribution in [0, 0.1) is 5.41 Å². The number of anilines is 2. The third-order valence-corrected chi connectivity index (χ3v) is 4.11. The van der Waals surface area contributed by atoms with E-state index in [-0.39, 0.29) is 6.79 Å². The number of ether oxygens (including phenoxy) is 3. The molecular formula is C19H20N2O5. The van der Waals surface area contributed by atoms with Gasteiger partial charge >= 0.3 is 0 Å². The molecule has 1 heterocycles. The number of nitrogens with one attached hydrogen (secondary N) is 2. The van der Waals surface area contributed by atoms with E-state index < -0.39 is 17.2 Å². The summed E-state index contributed by atoms with van der Waals surface area (Å²) in [6.07, 6.45) is 0. The van der Waals surface area contributed by atoms with E-state index in [1.165, 1.54) is 0 Å². The van der Waals surface area contributed by atoms with E-state index in [1.807, 2.05) is 0 Å². The van der Waals surface area contributed by atoms with E-state index in [1.54, 1.807) is 63.4 Å². The highest BCUT2D eigenvalue weighted by Crippen LogP contribution is 2.34. The van der Waals surface area contributed by atoms with E-state index in [9.17, 15) is 9.59 Å². The van der Waals surface area contributed by atoms with Gasteiger partial charge in [-0.3, -0.25) is 9.59 Å². The summed E-state index contributed by atoms with van der Waals surface area (Å²) in [5, 5.41) is 5.48. The van der Waals surface area contributed by atoms with Crippen LogP contribution in [0.15, 0.2) is 42.5 Å². The largest absolute Gasteiger partial charge is 0.497 e. The lowest BCUT2D eigenvalue weighted by Gasteiger charge is -2.23. The van der Waals surface area contributed by atoms with Gasteiger partial charge in [0.1, 0.15) is 11.2 Å². The number of hydrogen-bond acceptors (Lipinski definition) is 5. The van der Waals surface area contributed by atoms with Gasteiger partial charge in [-0.25, -0.2) is 0 Å². The summed E-state index contributed by atoms with van der Waals surface area (Å²) in [6, 6.07) is 12.0. The molecule has 0 saturated heterocycles. The molecule has 0 aromatic heterocycles. The number of rotatable bonds is 5. The zero-order valence-corrected chi connectivity index (χ0v) is 14.8. The maximum absolute atomic E-state index is 12.6. The highest BCUT2D eigenvalue weighted by molar-refractivity contribution is 6.14. The van der Waals surface area contributed by atoms with Crippen LogP contribution >= 0.6 is 0 Å². The maximum atomic E-state index is 12.6. The van der Waals surface area contributed by atoms with Gasteiger partial charge in [0.15, 0.2) is 11.5 Å². The average Bonchev–Trinajstić information content (AvgIpc) is 3.10. The Morgan fingerprint density at radius 3 is 2.15 bits per heavy atom. The van der Waals surface area contributed by atoms with Crippen LogP contribution in [-0.4, -0.2) is 25.7 Å². The molecule has 136 valence electrons. The number of amides is 2. The summed E-state index contributed by atoms with van der Waals surface area (Å²) in [5.41, 5.74) is -0.166. The Labute approximate surface area is 151 Å². The third kappa shape index (κ3) is 3.56. The second-order valence-electron chi connectivity index (χ2n) is 6.33. The fraction of sp³-hybridized carbons (Fsp3) is 0.263. The highest BCUT2D eigenvalue weighted by atomic mass is 16.7. The molecule has 1 aliphatic rings. The van der Waals surface area contributed by atoms with E-state index >= 15 is 0 Å². The quantitative estimate of drug-likeness (QED) is 0.804. The van der Waals surface area contributed by atoms with Crippen molar-refractivity contribution >= 4 is 23.2 Å². The molecule has 0 saturated carbocycles. The predicted molar refractivity (Wildman–Crippen MR) is 96.6 cm³/mol. The molecule has 2 N–H and O–H groups in total. The Morgan fingerprint density at radius 1 is 0.923 bits per heavy atom. The number of carbonyl (C=O) groups is 2. The van der Waals surface area contributed by atoms with Crippen LogP contribution in [-0.2, 0) is 9.59 Å². The maximum Gasteiger partial charge on any atom is 0.239 e. The highest BCUT2D eigenvalue weighted by Gasteiger charge is 2.36. The third-order valence-electron chi connectivity index (χ3n) is 4.11. The van der Waals surface area contributed by atoms with Gasteiger partial charge in [0.25, 0.3) is 0 Å². The molecule has 2 aromatic carbocycles. The van der Waals surface area contributed by atoms with Gasteiger partial charge in [0.2, 0.25) is 18.6 Å². The summed E-state index contributed by atoms with van der Waals surface area (Å²) >= 11 is 0. The van der Waals surface area contributed by atoms with Gasteiger partial charge < -0.3 is 24.8 Å². The van der Waals surface area contributed by atoms with Gasteiger partial charge in [-0.15, -0.1) is 0 Å². The molecule has 26 heavy (non-hydrogen) atoms. The van der Waals surface area contributed by atoms with Crippen LogP contribution in [0.1, 0.15) is 13.8 Å². The lowest BCUT2D eigenvalue weighted by Crippen LogP contribution is -2.41. The van der Waals surface area contributed by atoms with Crippen LogP contribution in [0.25, 0.3) is 0 Å². The lowest BCUT2D eigenvalue weighted by molar-refractivity contribution is -0.135. The van der Waals surface area contributed by atoms with Crippen molar-refractivity contribution in [1.82, 2.24) is 0 Å². The second kappa shape index (κ2) is 6.95. The Balaban J connectivity index is 1.67. The Kier molecular flexibility index (Phi) is 4.71. The Morgan fingerprint density at radius 2 is 1.50 bits per heavy atom. The van der Waals surface area contributed by atoms with E-state index in [2.05, 4.69) is 10.6 Å². The minimum Gasteiger partial charge on any atom is -0.497 e. The van der Waals surface area contributed by atoms with Crippen molar-refractivity contribution in [3.63, 3.8) is 0 Å². The molecule has 2 aromatic rings. The summed E-state index contributed by atoms with van der Waals surface area (Å²) in [5.74, 6) is 1.02. The molecule has 0 bridgehead atoms. The van der Waals surface area contributed by atoms with E-state index in [0.717, 1.165) is 0 Å². The van der Waals surface area contributed by atoms with Crippen LogP contribution in [0.2, 0.25) is 0 Å². The molecule has 0 unspecified atom stereocenters. The van der Waals surface area contributed by atoms with E-state index in [0.29, 0.717) is 28.6 Å². The predicted octanol–water partition coefficient (Wildman–Crippen LogP) is 3.03. The summed E-state index contributed by atoms with van der Waals surface area (Å²) in [4.78, 5) is 25.2. The first-order chi connectivity index (χ1) is 12.4. The normalized spacial score (nSPS) is 12.4. The number of benzene rings is 2. The first-order valence-electron chi connectivity index (χ1n) is 8.07. The standard InChI is InChI=1S/C19H20N2O5/c1-19(2,17(22)20-12-4-7-14(24-3)8-5-12)18(23)21-13-6-9-15-16(10-13)26-11-25-15/h4-10H,11H2,1-3H3,(H,20,22)(H,21,23). The molecular weight excluding hydrogens is 336 g/mol. The smallest absolute Gasteiger partial charge is 0.239 e. The topological polar surface area (TPSA) is 85.9 Å². The van der Waals surface area contributed by atoms with Gasteiger partial charge in [-0.1, -0.05) is 0 Å². The zero-order chi connectivity index (χ0) is 18.7. The van der Waals surface area contributed by atoms with Gasteiger partial charge in [0, 0.05) is 17.4 Å². The van der Waals surface area contributed by atoms with Crippen LogP contribution in [0.3, 0.4) is 0 Å². The molecule has 7 nitrogen and oxygen atoms in total. The molecule has 3 rings (SSSR count). The summed E-state index contributed by atoms with van der Waals surface area (Å²) in [6.45, 7) is 3.28. The number of fused-ring (bicyclic) bond motifs is 1. The SMILES string of the molecule is COc1ccc(NC(=O)C(C)(C)C(=O)Nc2ccc3c(c2)OCO3)cc1. The molecule has 1 aliphatic heterocycles. The van der Waals surface area contributed by atoms with E-state index in [4.69, 9.17) is 14.2 Å². The molecule has 7 heteroatoms. The minimum absolute atomic E-state index is 0.155. The monoisotopic (exact) mass is 356 g/mol. The van der Waals surface area contributed by atoms with Crippen LogP contribution in [0.5, 0.6) is 17.2 Å². The minimum atomic E-state index is -1.28. The van der Waals surface area contributed by atoms with Gasteiger partial charge in [-0.2, -0.15) is 0 Å². The molecule has 0 fully saturated rings. The van der Waals surface area contributed by atoms with Gasteiger partial charge in [0.05, 0.1) is 7.11 Å². The average molecular weight is 356 g/mol. The van der Waals surface area contributed by atoms with Crippen molar-refractivity contribution in [2.45, 2.75) is 13.8 Å².